The van der Waals surface area contributed by atoms with Crippen molar-refractivity contribution in [2.24, 2.45) is 11.1 Å². The van der Waals surface area contributed by atoms with Crippen LogP contribution in [0.2, 0.25) is 0 Å². The number of para-hydroxylation sites is 1. The molecular weight excluding hydrogens is 289 g/mol. The van der Waals surface area contributed by atoms with E-state index in [1.807, 2.05) is 19.9 Å². The molecule has 2 rings (SSSR count). The number of rotatable bonds is 5. The zero-order valence-corrected chi connectivity index (χ0v) is 13.8. The number of carbonyl (C=O) groups is 1. The van der Waals surface area contributed by atoms with Crippen molar-refractivity contribution in [3.63, 3.8) is 0 Å². The largest absolute Gasteiger partial charge is 0.465 e. The van der Waals surface area contributed by atoms with Gasteiger partial charge >= 0.3 is 14.6 Å². The average Bonchev–Trinajstić information content (AvgIpc) is 2.34. The number of benzene rings is 1. The molecule has 21 heavy (non-hydrogen) atoms. The van der Waals surface area contributed by atoms with E-state index in [1.54, 1.807) is 18.2 Å². The summed E-state index contributed by atoms with van der Waals surface area (Å²) in [6.07, 6.45) is 0.785. The predicted octanol–water partition coefficient (Wildman–Crippen LogP) is 3.63. The molecule has 0 spiro atoms. The van der Waals surface area contributed by atoms with Gasteiger partial charge in [-0.05, 0) is 37.8 Å². The van der Waals surface area contributed by atoms with Crippen molar-refractivity contribution in [2.45, 2.75) is 39.7 Å². The molecule has 1 unspecified atom stereocenters. The quantitative estimate of drug-likeness (QED) is 0.841. The Morgan fingerprint density at radius 2 is 1.86 bits per heavy atom. The van der Waals surface area contributed by atoms with Crippen LogP contribution in [0.3, 0.4) is 0 Å². The number of nitrogens with two attached hydrogens (primary N) is 1. The zero-order chi connectivity index (χ0) is 15.7. The van der Waals surface area contributed by atoms with Crippen LogP contribution in [0.5, 0.6) is 5.75 Å². The predicted molar refractivity (Wildman–Crippen MR) is 82.0 cm³/mol. The van der Waals surface area contributed by atoms with E-state index in [0.29, 0.717) is 17.9 Å². The van der Waals surface area contributed by atoms with Gasteiger partial charge in [-0.3, -0.25) is 4.52 Å². The molecule has 0 fully saturated rings. The number of hydrogen-bond donors (Lipinski definition) is 1. The first-order chi connectivity index (χ1) is 9.66. The first kappa shape index (κ1) is 16.2. The summed E-state index contributed by atoms with van der Waals surface area (Å²) in [5.41, 5.74) is 6.07. The summed E-state index contributed by atoms with van der Waals surface area (Å²) < 4.78 is 16.4. The van der Waals surface area contributed by atoms with Gasteiger partial charge in [-0.1, -0.05) is 26.0 Å². The van der Waals surface area contributed by atoms with Gasteiger partial charge in [0.2, 0.25) is 0 Å². The SMILES string of the molecule is CC(C)(N)CC(C)(C)COP1OC(=O)c2ccccc2O1. The van der Waals surface area contributed by atoms with Crippen LogP contribution in [-0.4, -0.2) is 18.1 Å². The summed E-state index contributed by atoms with van der Waals surface area (Å²) in [4.78, 5) is 11.9. The van der Waals surface area contributed by atoms with Crippen molar-refractivity contribution in [1.82, 2.24) is 0 Å². The fraction of sp³-hybridized carbons (Fsp3) is 0.533. The molecule has 116 valence electrons. The highest BCUT2D eigenvalue weighted by Crippen LogP contribution is 2.48. The topological polar surface area (TPSA) is 70.8 Å². The molecule has 1 heterocycles. The Balaban J connectivity index is 1.95. The molecule has 0 saturated carbocycles. The molecule has 1 aliphatic rings. The third-order valence-electron chi connectivity index (χ3n) is 2.93. The van der Waals surface area contributed by atoms with Gasteiger partial charge in [-0.25, -0.2) is 4.79 Å². The van der Waals surface area contributed by atoms with Gasteiger partial charge in [0.25, 0.3) is 0 Å². The highest BCUT2D eigenvalue weighted by molar-refractivity contribution is 7.43. The van der Waals surface area contributed by atoms with Gasteiger partial charge in [0.15, 0.2) is 0 Å². The van der Waals surface area contributed by atoms with Crippen LogP contribution in [-0.2, 0) is 9.05 Å². The van der Waals surface area contributed by atoms with Crippen LogP contribution in [0.4, 0.5) is 0 Å². The van der Waals surface area contributed by atoms with E-state index >= 15 is 0 Å². The third-order valence-corrected chi connectivity index (χ3v) is 3.93. The normalized spacial score (nSPS) is 18.7. The average molecular weight is 311 g/mol. The number of carbonyl (C=O) groups excluding carboxylic acids is 1. The maximum atomic E-state index is 11.9. The molecule has 6 heteroatoms. The number of hydrogen-bond acceptors (Lipinski definition) is 5. The van der Waals surface area contributed by atoms with Gasteiger partial charge in [-0.15, -0.1) is 0 Å². The van der Waals surface area contributed by atoms with Crippen LogP contribution in [0.25, 0.3) is 0 Å². The van der Waals surface area contributed by atoms with Gasteiger partial charge in [0.05, 0.1) is 6.61 Å². The molecular formula is C15H22NO4P. The standard InChI is InChI=1S/C15H22NO4P/c1-14(2,9-15(3,4)16)10-18-21-19-12-8-6-5-7-11(12)13(17)20-21/h5-8H,9-10,16H2,1-4H3. The van der Waals surface area contributed by atoms with E-state index in [9.17, 15) is 4.79 Å². The van der Waals surface area contributed by atoms with Crippen LogP contribution in [0.15, 0.2) is 24.3 Å². The first-order valence-corrected chi connectivity index (χ1v) is 7.97. The van der Waals surface area contributed by atoms with Gasteiger partial charge in [-0.2, -0.15) is 0 Å². The molecule has 0 amide bonds. The van der Waals surface area contributed by atoms with E-state index in [4.69, 9.17) is 19.3 Å². The molecule has 0 aromatic heterocycles. The summed E-state index contributed by atoms with van der Waals surface area (Å²) in [6, 6.07) is 6.99. The molecule has 5 nitrogen and oxygen atoms in total. The summed E-state index contributed by atoms with van der Waals surface area (Å²) in [7, 11) is -1.69. The van der Waals surface area contributed by atoms with Gasteiger partial charge < -0.3 is 14.8 Å². The Bertz CT molecular complexity index is 525. The minimum absolute atomic E-state index is 0.132. The maximum absolute atomic E-state index is 11.9. The molecule has 0 bridgehead atoms. The van der Waals surface area contributed by atoms with Crippen LogP contribution < -0.4 is 10.3 Å². The van der Waals surface area contributed by atoms with E-state index in [2.05, 4.69) is 13.8 Å². The summed E-state index contributed by atoms with van der Waals surface area (Å²) >= 11 is 0. The van der Waals surface area contributed by atoms with Crippen LogP contribution in [0.1, 0.15) is 44.5 Å². The van der Waals surface area contributed by atoms with E-state index in [0.717, 1.165) is 6.42 Å². The molecule has 1 aliphatic heterocycles. The highest BCUT2D eigenvalue weighted by atomic mass is 31.2. The lowest BCUT2D eigenvalue weighted by Crippen LogP contribution is -2.39. The Morgan fingerprint density at radius 1 is 1.19 bits per heavy atom. The fourth-order valence-corrected chi connectivity index (χ4v) is 3.65. The zero-order valence-electron chi connectivity index (χ0n) is 12.9. The van der Waals surface area contributed by atoms with Crippen molar-refractivity contribution in [2.75, 3.05) is 6.61 Å². The minimum atomic E-state index is -1.69. The third kappa shape index (κ3) is 4.67. The lowest BCUT2D eigenvalue weighted by Gasteiger charge is -2.33. The summed E-state index contributed by atoms with van der Waals surface area (Å²) in [5, 5.41) is 0. The van der Waals surface area contributed by atoms with Crippen molar-refractivity contribution in [3.05, 3.63) is 29.8 Å². The summed E-state index contributed by atoms with van der Waals surface area (Å²) in [5.74, 6) is 0.108. The monoisotopic (exact) mass is 311 g/mol. The van der Waals surface area contributed by atoms with Gasteiger partial charge in [0.1, 0.15) is 11.3 Å². The Hall–Kier alpha value is -1.16. The second-order valence-corrected chi connectivity index (χ2v) is 7.86. The molecule has 2 N–H and O–H groups in total. The van der Waals surface area contributed by atoms with Gasteiger partial charge in [0, 0.05) is 5.54 Å². The van der Waals surface area contributed by atoms with E-state index < -0.39 is 14.6 Å². The number of fused-ring (bicyclic) bond motifs is 1. The lowest BCUT2D eigenvalue weighted by atomic mass is 9.81. The van der Waals surface area contributed by atoms with E-state index in [-0.39, 0.29) is 11.0 Å². The molecule has 0 radical (unpaired) electrons. The smallest absolute Gasteiger partial charge is 0.417 e. The van der Waals surface area contributed by atoms with Crippen LogP contribution in [0, 0.1) is 5.41 Å². The van der Waals surface area contributed by atoms with E-state index in [1.165, 1.54) is 0 Å². The van der Waals surface area contributed by atoms with Crippen molar-refractivity contribution in [1.29, 1.82) is 0 Å². The molecule has 1 aromatic rings. The Labute approximate surface area is 126 Å². The second-order valence-electron chi connectivity index (χ2n) is 6.79. The molecule has 1 atom stereocenters. The summed E-state index contributed by atoms with van der Waals surface area (Å²) in [6.45, 7) is 8.50. The van der Waals surface area contributed by atoms with Crippen LogP contribution >= 0.6 is 8.60 Å². The Morgan fingerprint density at radius 3 is 2.52 bits per heavy atom. The second kappa shape index (κ2) is 5.91. The first-order valence-electron chi connectivity index (χ1n) is 6.88. The molecule has 0 aliphatic carbocycles. The highest BCUT2D eigenvalue weighted by Gasteiger charge is 2.33. The van der Waals surface area contributed by atoms with Crippen molar-refractivity contribution < 1.29 is 18.4 Å². The molecule has 0 saturated heterocycles. The molecule has 1 aromatic carbocycles. The lowest BCUT2D eigenvalue weighted by molar-refractivity contribution is 0.0627. The van der Waals surface area contributed by atoms with Crippen molar-refractivity contribution in [3.8, 4) is 5.75 Å². The van der Waals surface area contributed by atoms with Crippen molar-refractivity contribution >= 4 is 14.6 Å². The maximum Gasteiger partial charge on any atom is 0.465 e. The minimum Gasteiger partial charge on any atom is -0.417 e. The fourth-order valence-electron chi connectivity index (χ4n) is 2.50. The Kier molecular flexibility index (Phi) is 4.57.